The van der Waals surface area contributed by atoms with Crippen LogP contribution in [-0.4, -0.2) is 20.7 Å². The molecule has 0 aliphatic rings. The molecule has 0 saturated heterocycles. The minimum Gasteiger partial charge on any atom is -0.302 e. The second kappa shape index (κ2) is 8.38. The highest BCUT2D eigenvalue weighted by Crippen LogP contribution is 2.24. The van der Waals surface area contributed by atoms with Gasteiger partial charge in [-0.15, -0.1) is 11.3 Å². The molecule has 0 bridgehead atoms. The molecule has 0 atom stereocenters. The number of carbonyl (C=O) groups is 1. The molecule has 0 aliphatic carbocycles. The van der Waals surface area contributed by atoms with Crippen LogP contribution in [-0.2, 0) is 24.7 Å². The lowest BCUT2D eigenvalue weighted by Crippen LogP contribution is -2.24. The molecule has 6 nitrogen and oxygen atoms in total. The first-order valence-electron chi connectivity index (χ1n) is 9.35. The maximum absolute atomic E-state index is 12.6. The second-order valence-corrected chi connectivity index (χ2v) is 8.56. The van der Waals surface area contributed by atoms with Gasteiger partial charge in [0.25, 0.3) is 5.56 Å². The lowest BCUT2D eigenvalue weighted by molar-refractivity contribution is -0.115. The number of carbonyl (C=O) groups excluding carboxylic acids is 1. The van der Waals surface area contributed by atoms with Crippen LogP contribution >= 0.6 is 22.9 Å². The Kier molecular flexibility index (Phi) is 5.65. The van der Waals surface area contributed by atoms with Crippen LogP contribution in [0.4, 0.5) is 5.13 Å². The SMILES string of the molecule is Cc1ccc(Cc2cnc(NC(=O)Cc3nn(C)c(=O)c4ccccc34)s2)cc1Cl. The van der Waals surface area contributed by atoms with Crippen molar-refractivity contribution in [2.24, 2.45) is 7.05 Å². The highest BCUT2D eigenvalue weighted by atomic mass is 35.5. The van der Waals surface area contributed by atoms with Crippen LogP contribution in [0.3, 0.4) is 0 Å². The number of anilines is 1. The molecule has 0 aliphatic heterocycles. The maximum Gasteiger partial charge on any atom is 0.274 e. The van der Waals surface area contributed by atoms with Gasteiger partial charge < -0.3 is 5.32 Å². The van der Waals surface area contributed by atoms with E-state index in [1.807, 2.05) is 31.2 Å². The van der Waals surface area contributed by atoms with Gasteiger partial charge in [0, 0.05) is 35.0 Å². The Labute approximate surface area is 182 Å². The number of thiazole rings is 1. The number of amides is 1. The highest BCUT2D eigenvalue weighted by Gasteiger charge is 2.14. The van der Waals surface area contributed by atoms with E-state index in [4.69, 9.17) is 11.6 Å². The number of halogens is 1. The fourth-order valence-corrected chi connectivity index (χ4v) is 4.28. The van der Waals surface area contributed by atoms with E-state index in [0.717, 1.165) is 21.0 Å². The molecule has 152 valence electrons. The van der Waals surface area contributed by atoms with Crippen molar-refractivity contribution in [2.45, 2.75) is 19.8 Å². The smallest absolute Gasteiger partial charge is 0.274 e. The number of fused-ring (bicyclic) bond motifs is 1. The first-order valence-corrected chi connectivity index (χ1v) is 10.5. The van der Waals surface area contributed by atoms with Gasteiger partial charge in [0.2, 0.25) is 5.91 Å². The van der Waals surface area contributed by atoms with E-state index in [2.05, 4.69) is 15.4 Å². The Balaban J connectivity index is 1.48. The van der Waals surface area contributed by atoms with Crippen molar-refractivity contribution in [3.63, 3.8) is 0 Å². The summed E-state index contributed by atoms with van der Waals surface area (Å²) < 4.78 is 1.26. The van der Waals surface area contributed by atoms with Gasteiger partial charge in [-0.25, -0.2) is 9.67 Å². The largest absolute Gasteiger partial charge is 0.302 e. The molecule has 0 radical (unpaired) electrons. The van der Waals surface area contributed by atoms with Crippen LogP contribution in [0.15, 0.2) is 53.5 Å². The van der Waals surface area contributed by atoms with Gasteiger partial charge in [-0.05, 0) is 30.2 Å². The molecule has 0 unspecified atom stereocenters. The van der Waals surface area contributed by atoms with Crippen molar-refractivity contribution in [3.05, 3.63) is 85.7 Å². The van der Waals surface area contributed by atoms with Crippen LogP contribution in [0.2, 0.25) is 5.02 Å². The normalized spacial score (nSPS) is 11.0. The predicted octanol–water partition coefficient (Wildman–Crippen LogP) is 4.12. The van der Waals surface area contributed by atoms with E-state index in [9.17, 15) is 9.59 Å². The predicted molar refractivity (Wildman–Crippen MR) is 120 cm³/mol. The third-order valence-electron chi connectivity index (χ3n) is 4.78. The molecule has 0 saturated carbocycles. The molecule has 8 heteroatoms. The Morgan fingerprint density at radius 3 is 2.73 bits per heavy atom. The number of hydrogen-bond acceptors (Lipinski definition) is 5. The molecule has 4 aromatic rings. The van der Waals surface area contributed by atoms with Crippen molar-refractivity contribution in [1.29, 1.82) is 0 Å². The Morgan fingerprint density at radius 1 is 1.20 bits per heavy atom. The molecular weight excluding hydrogens is 420 g/mol. The summed E-state index contributed by atoms with van der Waals surface area (Å²) in [6, 6.07) is 13.2. The first-order chi connectivity index (χ1) is 14.4. The summed E-state index contributed by atoms with van der Waals surface area (Å²) in [5.74, 6) is -0.231. The van der Waals surface area contributed by atoms with Crippen molar-refractivity contribution >= 4 is 44.7 Å². The zero-order chi connectivity index (χ0) is 21.3. The zero-order valence-electron chi connectivity index (χ0n) is 16.5. The number of rotatable bonds is 5. The standard InChI is InChI=1S/C22H19ClN4O2S/c1-13-7-8-14(10-18(13)23)9-15-12-24-22(30-15)25-20(28)11-19-16-5-3-4-6-17(16)21(29)27(2)26-19/h3-8,10,12H,9,11H2,1-2H3,(H,24,25,28). The number of aromatic nitrogens is 3. The minimum absolute atomic E-state index is 0.0527. The fourth-order valence-electron chi connectivity index (χ4n) is 3.22. The van der Waals surface area contributed by atoms with Gasteiger partial charge in [-0.3, -0.25) is 9.59 Å². The van der Waals surface area contributed by atoms with Crippen molar-refractivity contribution in [3.8, 4) is 0 Å². The highest BCUT2D eigenvalue weighted by molar-refractivity contribution is 7.15. The van der Waals surface area contributed by atoms with E-state index in [-0.39, 0.29) is 17.9 Å². The average molecular weight is 439 g/mol. The quantitative estimate of drug-likeness (QED) is 0.508. The molecule has 1 amide bonds. The third kappa shape index (κ3) is 4.27. The number of aryl methyl sites for hydroxylation is 2. The van der Waals surface area contributed by atoms with Crippen LogP contribution in [0.25, 0.3) is 10.8 Å². The monoisotopic (exact) mass is 438 g/mol. The van der Waals surface area contributed by atoms with Gasteiger partial charge in [-0.2, -0.15) is 5.10 Å². The third-order valence-corrected chi connectivity index (χ3v) is 6.10. The summed E-state index contributed by atoms with van der Waals surface area (Å²) >= 11 is 7.62. The Morgan fingerprint density at radius 2 is 1.97 bits per heavy atom. The van der Waals surface area contributed by atoms with Crippen molar-refractivity contribution in [2.75, 3.05) is 5.32 Å². The van der Waals surface area contributed by atoms with Crippen LogP contribution in [0, 0.1) is 6.92 Å². The van der Waals surface area contributed by atoms with E-state index in [1.54, 1.807) is 31.4 Å². The summed E-state index contributed by atoms with van der Waals surface area (Å²) in [7, 11) is 1.58. The molecule has 0 fully saturated rings. The summed E-state index contributed by atoms with van der Waals surface area (Å²) in [6.07, 6.45) is 2.51. The van der Waals surface area contributed by atoms with Crippen LogP contribution < -0.4 is 10.9 Å². The average Bonchev–Trinajstić information content (AvgIpc) is 3.15. The zero-order valence-corrected chi connectivity index (χ0v) is 18.0. The molecular formula is C22H19ClN4O2S. The molecule has 0 spiro atoms. The van der Waals surface area contributed by atoms with Crippen LogP contribution in [0.5, 0.6) is 0 Å². The fraction of sp³-hybridized carbons (Fsp3) is 0.182. The lowest BCUT2D eigenvalue weighted by Gasteiger charge is -2.07. The summed E-state index contributed by atoms with van der Waals surface area (Å²) in [4.78, 5) is 30.1. The second-order valence-electron chi connectivity index (χ2n) is 7.04. The number of hydrogen-bond donors (Lipinski definition) is 1. The van der Waals surface area contributed by atoms with E-state index >= 15 is 0 Å². The van der Waals surface area contributed by atoms with Crippen LogP contribution in [0.1, 0.15) is 21.7 Å². The molecule has 30 heavy (non-hydrogen) atoms. The molecule has 2 heterocycles. The Bertz CT molecular complexity index is 1310. The van der Waals surface area contributed by atoms with Gasteiger partial charge in [-0.1, -0.05) is 41.9 Å². The number of benzene rings is 2. The first kappa shape index (κ1) is 20.3. The molecule has 2 aromatic heterocycles. The maximum atomic E-state index is 12.6. The number of nitrogens with zero attached hydrogens (tertiary/aromatic N) is 3. The van der Waals surface area contributed by atoms with E-state index in [1.165, 1.54) is 16.0 Å². The Hall–Kier alpha value is -3.03. The van der Waals surface area contributed by atoms with Gasteiger partial charge in [0.15, 0.2) is 5.13 Å². The number of nitrogens with one attached hydrogen (secondary N) is 1. The summed E-state index contributed by atoms with van der Waals surface area (Å²) in [6.45, 7) is 1.97. The molecule has 2 aromatic carbocycles. The minimum atomic E-state index is -0.231. The molecule has 1 N–H and O–H groups in total. The van der Waals surface area contributed by atoms with Gasteiger partial charge in [0.1, 0.15) is 0 Å². The lowest BCUT2D eigenvalue weighted by atomic mass is 10.1. The summed E-state index contributed by atoms with van der Waals surface area (Å²) in [5.41, 5.74) is 2.50. The van der Waals surface area contributed by atoms with Crippen molar-refractivity contribution in [1.82, 2.24) is 14.8 Å². The van der Waals surface area contributed by atoms with Gasteiger partial charge >= 0.3 is 0 Å². The van der Waals surface area contributed by atoms with E-state index < -0.39 is 0 Å². The topological polar surface area (TPSA) is 76.9 Å². The molecule has 4 rings (SSSR count). The summed E-state index contributed by atoms with van der Waals surface area (Å²) in [5, 5.41) is 9.61. The van der Waals surface area contributed by atoms with Gasteiger partial charge in [0.05, 0.1) is 17.5 Å². The van der Waals surface area contributed by atoms with E-state index in [0.29, 0.717) is 28.0 Å². The van der Waals surface area contributed by atoms with Crippen molar-refractivity contribution < 1.29 is 4.79 Å².